The molecule has 35 heavy (non-hydrogen) atoms. The van der Waals surface area contributed by atoms with Gasteiger partial charge in [0.15, 0.2) is 6.61 Å². The minimum atomic E-state index is -0.738. The number of ether oxygens (including phenoxy) is 3. The molecule has 2 amide bonds. The molecule has 0 saturated heterocycles. The number of hydrogen-bond donors (Lipinski definition) is 1. The van der Waals surface area contributed by atoms with Crippen molar-refractivity contribution in [1.82, 2.24) is 10.2 Å². The number of hydrogen-bond acceptors (Lipinski definition) is 5. The van der Waals surface area contributed by atoms with Gasteiger partial charge in [-0.15, -0.1) is 0 Å². The predicted molar refractivity (Wildman–Crippen MR) is 135 cm³/mol. The number of carbonyl (C=O) groups excluding carboxylic acids is 2. The summed E-state index contributed by atoms with van der Waals surface area (Å²) in [6, 6.07) is 20.9. The third-order valence-electron chi connectivity index (χ3n) is 5.49. The molecular formula is C27H29ClN2O5. The van der Waals surface area contributed by atoms with Gasteiger partial charge in [-0.1, -0.05) is 48.0 Å². The van der Waals surface area contributed by atoms with Crippen LogP contribution < -0.4 is 19.5 Å². The quantitative estimate of drug-likeness (QED) is 0.424. The van der Waals surface area contributed by atoms with E-state index in [1.54, 1.807) is 45.4 Å². The predicted octanol–water partition coefficient (Wildman–Crippen LogP) is 4.47. The lowest BCUT2D eigenvalue weighted by molar-refractivity contribution is -0.142. The highest BCUT2D eigenvalue weighted by atomic mass is 35.5. The highest BCUT2D eigenvalue weighted by molar-refractivity contribution is 6.32. The van der Waals surface area contributed by atoms with Gasteiger partial charge in [0.1, 0.15) is 23.3 Å². The fraction of sp³-hybridized carbons (Fsp3) is 0.259. The Hall–Kier alpha value is -3.71. The zero-order chi connectivity index (χ0) is 25.2. The maximum Gasteiger partial charge on any atom is 0.261 e. The van der Waals surface area contributed by atoms with Crippen LogP contribution in [0, 0.1) is 0 Å². The van der Waals surface area contributed by atoms with Gasteiger partial charge in [-0.2, -0.15) is 0 Å². The molecule has 0 aliphatic rings. The van der Waals surface area contributed by atoms with Crippen molar-refractivity contribution < 1.29 is 23.8 Å². The molecule has 3 rings (SSSR count). The van der Waals surface area contributed by atoms with Crippen LogP contribution in [0.2, 0.25) is 5.02 Å². The normalized spacial score (nSPS) is 11.3. The number of nitrogens with zero attached hydrogens (tertiary/aromatic N) is 1. The van der Waals surface area contributed by atoms with E-state index in [2.05, 4.69) is 5.32 Å². The standard InChI is InChI=1S/C27H29ClN2O5/c1-19(27(32)29-16-20-8-12-22(33-2)13-9-20)30(17-21-10-14-23(34-3)15-11-21)26(31)18-35-25-7-5-4-6-24(25)28/h4-15,19H,16-18H2,1-3H3,(H,29,32). The lowest BCUT2D eigenvalue weighted by Crippen LogP contribution is -2.48. The number of rotatable bonds is 11. The number of halogens is 1. The molecule has 0 spiro atoms. The lowest BCUT2D eigenvalue weighted by Gasteiger charge is -2.29. The van der Waals surface area contributed by atoms with E-state index in [-0.39, 0.29) is 25.0 Å². The number of benzene rings is 3. The summed E-state index contributed by atoms with van der Waals surface area (Å²) in [6.07, 6.45) is 0. The first kappa shape index (κ1) is 25.9. The second-order valence-electron chi connectivity index (χ2n) is 7.83. The maximum atomic E-state index is 13.2. The van der Waals surface area contributed by atoms with E-state index in [4.69, 9.17) is 25.8 Å². The summed E-state index contributed by atoms with van der Waals surface area (Å²) in [4.78, 5) is 27.7. The fourth-order valence-corrected chi connectivity index (χ4v) is 3.57. The van der Waals surface area contributed by atoms with Crippen molar-refractivity contribution in [3.8, 4) is 17.2 Å². The van der Waals surface area contributed by atoms with Gasteiger partial charge in [0.25, 0.3) is 5.91 Å². The molecule has 0 bridgehead atoms. The van der Waals surface area contributed by atoms with E-state index in [1.165, 1.54) is 4.90 Å². The molecule has 0 aliphatic heterocycles. The summed E-state index contributed by atoms with van der Waals surface area (Å²) in [5.74, 6) is 1.24. The molecule has 1 unspecified atom stereocenters. The molecule has 0 radical (unpaired) electrons. The minimum Gasteiger partial charge on any atom is -0.497 e. The summed E-state index contributed by atoms with van der Waals surface area (Å²) < 4.78 is 16.0. The monoisotopic (exact) mass is 496 g/mol. The van der Waals surface area contributed by atoms with Crippen LogP contribution in [-0.2, 0) is 22.7 Å². The second-order valence-corrected chi connectivity index (χ2v) is 8.24. The van der Waals surface area contributed by atoms with Crippen LogP contribution in [0.15, 0.2) is 72.8 Å². The number of amides is 2. The highest BCUT2D eigenvalue weighted by Gasteiger charge is 2.26. The topological polar surface area (TPSA) is 77.1 Å². The van der Waals surface area contributed by atoms with Crippen molar-refractivity contribution >= 4 is 23.4 Å². The van der Waals surface area contributed by atoms with Crippen molar-refractivity contribution in [2.45, 2.75) is 26.1 Å². The van der Waals surface area contributed by atoms with Crippen LogP contribution in [0.1, 0.15) is 18.1 Å². The van der Waals surface area contributed by atoms with Gasteiger partial charge in [-0.05, 0) is 54.4 Å². The van der Waals surface area contributed by atoms with Crippen LogP contribution in [0.4, 0.5) is 0 Å². The Morgan fingerprint density at radius 2 is 1.46 bits per heavy atom. The molecule has 3 aromatic rings. The first-order valence-electron chi connectivity index (χ1n) is 11.1. The molecule has 0 fully saturated rings. The van der Waals surface area contributed by atoms with Crippen molar-refractivity contribution in [3.63, 3.8) is 0 Å². The largest absolute Gasteiger partial charge is 0.497 e. The summed E-state index contributed by atoms with van der Waals surface area (Å²) in [7, 11) is 3.19. The van der Waals surface area contributed by atoms with E-state index >= 15 is 0 Å². The van der Waals surface area contributed by atoms with Crippen LogP contribution in [-0.4, -0.2) is 43.6 Å². The fourth-order valence-electron chi connectivity index (χ4n) is 3.37. The number of nitrogens with one attached hydrogen (secondary N) is 1. The zero-order valence-corrected chi connectivity index (χ0v) is 20.7. The molecule has 8 heteroatoms. The number of methoxy groups -OCH3 is 2. The molecule has 1 N–H and O–H groups in total. The Bertz CT molecular complexity index is 1120. The summed E-state index contributed by atoms with van der Waals surface area (Å²) in [5, 5.41) is 3.31. The summed E-state index contributed by atoms with van der Waals surface area (Å²) >= 11 is 6.14. The van der Waals surface area contributed by atoms with E-state index in [0.717, 1.165) is 16.9 Å². The zero-order valence-electron chi connectivity index (χ0n) is 20.0. The molecule has 184 valence electrons. The number of para-hydroxylation sites is 1. The van der Waals surface area contributed by atoms with E-state index in [1.807, 2.05) is 48.5 Å². The molecule has 3 aromatic carbocycles. The Morgan fingerprint density at radius 3 is 2.03 bits per heavy atom. The number of carbonyl (C=O) groups is 2. The second kappa shape index (κ2) is 12.7. The van der Waals surface area contributed by atoms with E-state index < -0.39 is 6.04 Å². The lowest BCUT2D eigenvalue weighted by atomic mass is 10.1. The summed E-state index contributed by atoms with van der Waals surface area (Å²) in [6.45, 7) is 2.00. The van der Waals surface area contributed by atoms with E-state index in [9.17, 15) is 9.59 Å². The van der Waals surface area contributed by atoms with Crippen LogP contribution in [0.5, 0.6) is 17.2 Å². The van der Waals surface area contributed by atoms with Gasteiger partial charge in [0.2, 0.25) is 5.91 Å². The molecular weight excluding hydrogens is 468 g/mol. The van der Waals surface area contributed by atoms with Gasteiger partial charge in [0.05, 0.1) is 19.2 Å². The summed E-state index contributed by atoms with van der Waals surface area (Å²) in [5.41, 5.74) is 1.77. The van der Waals surface area contributed by atoms with Crippen LogP contribution >= 0.6 is 11.6 Å². The van der Waals surface area contributed by atoms with Gasteiger partial charge < -0.3 is 24.4 Å². The first-order valence-corrected chi connectivity index (χ1v) is 11.5. The molecule has 7 nitrogen and oxygen atoms in total. The molecule has 0 aromatic heterocycles. The first-order chi connectivity index (χ1) is 16.9. The third-order valence-corrected chi connectivity index (χ3v) is 5.81. The Labute approximate surface area is 210 Å². The van der Waals surface area contributed by atoms with E-state index in [0.29, 0.717) is 23.1 Å². The Balaban J connectivity index is 1.70. The van der Waals surface area contributed by atoms with Crippen molar-refractivity contribution in [2.75, 3.05) is 20.8 Å². The molecule has 0 saturated carbocycles. The van der Waals surface area contributed by atoms with Crippen LogP contribution in [0.25, 0.3) is 0 Å². The Kier molecular flexibility index (Phi) is 9.38. The third kappa shape index (κ3) is 7.39. The molecule has 0 heterocycles. The van der Waals surface area contributed by atoms with Crippen molar-refractivity contribution in [2.24, 2.45) is 0 Å². The maximum absolute atomic E-state index is 13.2. The average Bonchev–Trinajstić information content (AvgIpc) is 2.90. The van der Waals surface area contributed by atoms with Gasteiger partial charge >= 0.3 is 0 Å². The smallest absolute Gasteiger partial charge is 0.261 e. The van der Waals surface area contributed by atoms with Crippen LogP contribution in [0.3, 0.4) is 0 Å². The average molecular weight is 497 g/mol. The highest BCUT2D eigenvalue weighted by Crippen LogP contribution is 2.23. The van der Waals surface area contributed by atoms with Gasteiger partial charge in [-0.25, -0.2) is 0 Å². The van der Waals surface area contributed by atoms with Gasteiger partial charge in [0, 0.05) is 13.1 Å². The Morgan fingerprint density at radius 1 is 0.886 bits per heavy atom. The molecule has 0 aliphatic carbocycles. The van der Waals surface area contributed by atoms with Crippen molar-refractivity contribution in [1.29, 1.82) is 0 Å². The van der Waals surface area contributed by atoms with Gasteiger partial charge in [-0.3, -0.25) is 9.59 Å². The molecule has 1 atom stereocenters. The SMILES string of the molecule is COc1ccc(CNC(=O)C(C)N(Cc2ccc(OC)cc2)C(=O)COc2ccccc2Cl)cc1. The minimum absolute atomic E-state index is 0.228. The van der Waals surface area contributed by atoms with Crippen molar-refractivity contribution in [3.05, 3.63) is 88.9 Å².